The fraction of sp³-hybridized carbons (Fsp3) is 0.643. The Labute approximate surface area is 135 Å². The number of hydrogen-bond donors (Lipinski definition) is 1. The van der Waals surface area contributed by atoms with Gasteiger partial charge < -0.3 is 5.32 Å². The maximum atomic E-state index is 12.2. The molecule has 6 nitrogen and oxygen atoms in total. The van der Waals surface area contributed by atoms with E-state index in [1.54, 1.807) is 18.4 Å². The molecule has 2 aliphatic rings. The lowest BCUT2D eigenvalue weighted by Crippen LogP contribution is -2.49. The molecule has 3 heterocycles. The predicted molar refractivity (Wildman–Crippen MR) is 86.0 cm³/mol. The molecule has 3 rings (SSSR count). The van der Waals surface area contributed by atoms with Gasteiger partial charge in [0.15, 0.2) is 0 Å². The molecule has 2 aliphatic heterocycles. The Balaban J connectivity index is 1.76. The molecule has 0 unspecified atom stereocenters. The molecule has 3 atom stereocenters. The van der Waals surface area contributed by atoms with Crippen LogP contribution in [0.1, 0.15) is 11.3 Å². The summed E-state index contributed by atoms with van der Waals surface area (Å²) in [5, 5.41) is 4.64. The first-order valence-corrected chi connectivity index (χ1v) is 10.1. The maximum Gasteiger partial charge on any atom is 0.238 e. The first kappa shape index (κ1) is 15.9. The minimum Gasteiger partial charge on any atom is -0.358 e. The second kappa shape index (κ2) is 5.92. The number of amides is 1. The minimum atomic E-state index is -3.40. The second-order valence-electron chi connectivity index (χ2n) is 6.06. The molecule has 2 saturated heterocycles. The lowest BCUT2D eigenvalue weighted by atomic mass is 10.0. The van der Waals surface area contributed by atoms with Gasteiger partial charge in [-0.2, -0.15) is 4.31 Å². The SMILES string of the molecule is CNC(=O)[C@@H]1C[C@H]2CN(Cc3cccs3)C[C@H]2N1S(C)(=O)=O. The molecule has 1 aromatic rings. The lowest BCUT2D eigenvalue weighted by molar-refractivity contribution is -0.124. The number of likely N-dealkylation sites (tertiary alicyclic amines) is 1. The standard InChI is InChI=1S/C14H21N3O3S2/c1-15-14(18)12-6-10-7-16(8-11-4-3-5-21-11)9-13(10)17(12)22(2,19)20/h3-5,10,12-13H,6-9H2,1-2H3,(H,15,18)/t10-,12-,13+/m0/s1. The highest BCUT2D eigenvalue weighted by Crippen LogP contribution is 2.38. The molecule has 22 heavy (non-hydrogen) atoms. The molecule has 2 fully saturated rings. The van der Waals surface area contributed by atoms with Crippen molar-refractivity contribution in [3.63, 3.8) is 0 Å². The number of sulfonamides is 1. The van der Waals surface area contributed by atoms with E-state index in [9.17, 15) is 13.2 Å². The van der Waals surface area contributed by atoms with E-state index in [0.29, 0.717) is 13.0 Å². The number of hydrogen-bond acceptors (Lipinski definition) is 5. The summed E-state index contributed by atoms with van der Waals surface area (Å²) in [7, 11) is -1.84. The highest BCUT2D eigenvalue weighted by atomic mass is 32.2. The highest BCUT2D eigenvalue weighted by Gasteiger charge is 2.52. The zero-order chi connectivity index (χ0) is 15.9. The van der Waals surface area contributed by atoms with Gasteiger partial charge in [0, 0.05) is 37.6 Å². The Bertz CT molecular complexity index is 644. The van der Waals surface area contributed by atoms with E-state index >= 15 is 0 Å². The smallest absolute Gasteiger partial charge is 0.238 e. The summed E-state index contributed by atoms with van der Waals surface area (Å²) in [4.78, 5) is 15.6. The molecule has 1 aromatic heterocycles. The van der Waals surface area contributed by atoms with Gasteiger partial charge in [-0.25, -0.2) is 8.42 Å². The third-order valence-corrected chi connectivity index (χ3v) is 6.69. The number of nitrogens with one attached hydrogen (secondary N) is 1. The van der Waals surface area contributed by atoms with E-state index < -0.39 is 16.1 Å². The average molecular weight is 343 g/mol. The summed E-state index contributed by atoms with van der Waals surface area (Å²) < 4.78 is 25.8. The Hall–Kier alpha value is -0.960. The largest absolute Gasteiger partial charge is 0.358 e. The van der Waals surface area contributed by atoms with Gasteiger partial charge in [-0.15, -0.1) is 11.3 Å². The fourth-order valence-corrected chi connectivity index (χ4v) is 5.82. The van der Waals surface area contributed by atoms with E-state index in [1.165, 1.54) is 15.4 Å². The number of thiophene rings is 1. The summed E-state index contributed by atoms with van der Waals surface area (Å²) >= 11 is 1.72. The third kappa shape index (κ3) is 2.92. The van der Waals surface area contributed by atoms with Crippen LogP contribution in [-0.4, -0.2) is 62.0 Å². The van der Waals surface area contributed by atoms with Gasteiger partial charge in [0.25, 0.3) is 0 Å². The molecule has 122 valence electrons. The fourth-order valence-electron chi connectivity index (χ4n) is 3.70. The third-order valence-electron chi connectivity index (χ3n) is 4.53. The summed E-state index contributed by atoms with van der Waals surface area (Å²) in [5.41, 5.74) is 0. The molecule has 0 saturated carbocycles. The zero-order valence-electron chi connectivity index (χ0n) is 12.7. The number of fused-ring (bicyclic) bond motifs is 1. The van der Waals surface area contributed by atoms with E-state index in [4.69, 9.17) is 0 Å². The Morgan fingerprint density at radius 1 is 1.45 bits per heavy atom. The van der Waals surface area contributed by atoms with E-state index in [1.807, 2.05) is 6.07 Å². The van der Waals surface area contributed by atoms with Crippen molar-refractivity contribution >= 4 is 27.3 Å². The predicted octanol–water partition coefficient (Wildman–Crippen LogP) is 0.328. The van der Waals surface area contributed by atoms with Crippen LogP contribution in [0.15, 0.2) is 17.5 Å². The number of rotatable bonds is 4. The van der Waals surface area contributed by atoms with Gasteiger partial charge in [-0.1, -0.05) is 6.07 Å². The van der Waals surface area contributed by atoms with Crippen molar-refractivity contribution in [1.82, 2.24) is 14.5 Å². The van der Waals surface area contributed by atoms with Crippen LogP contribution in [0.2, 0.25) is 0 Å². The first-order valence-electron chi connectivity index (χ1n) is 7.35. The molecular formula is C14H21N3O3S2. The highest BCUT2D eigenvalue weighted by molar-refractivity contribution is 7.88. The molecule has 0 aromatic carbocycles. The molecule has 8 heteroatoms. The summed E-state index contributed by atoms with van der Waals surface area (Å²) in [5.74, 6) is 0.0293. The quantitative estimate of drug-likeness (QED) is 0.855. The van der Waals surface area contributed by atoms with Crippen molar-refractivity contribution in [2.45, 2.75) is 25.0 Å². The van der Waals surface area contributed by atoms with Crippen molar-refractivity contribution in [2.75, 3.05) is 26.4 Å². The average Bonchev–Trinajstić information content (AvgIpc) is 3.11. The van der Waals surface area contributed by atoms with Gasteiger partial charge in [-0.3, -0.25) is 9.69 Å². The first-order chi connectivity index (χ1) is 10.4. The van der Waals surface area contributed by atoms with E-state index in [-0.39, 0.29) is 17.9 Å². The van der Waals surface area contributed by atoms with Crippen LogP contribution in [0.25, 0.3) is 0 Å². The van der Waals surface area contributed by atoms with Crippen LogP contribution in [0.4, 0.5) is 0 Å². The molecule has 0 spiro atoms. The van der Waals surface area contributed by atoms with E-state index in [0.717, 1.165) is 13.1 Å². The second-order valence-corrected chi connectivity index (χ2v) is 8.98. The number of likely N-dealkylation sites (N-methyl/N-ethyl adjacent to an activating group) is 1. The molecule has 1 amide bonds. The van der Waals surface area contributed by atoms with Crippen molar-refractivity contribution in [3.8, 4) is 0 Å². The van der Waals surface area contributed by atoms with Crippen LogP contribution in [-0.2, 0) is 21.4 Å². The summed E-state index contributed by atoms with van der Waals surface area (Å²) in [6.07, 6.45) is 1.81. The van der Waals surface area contributed by atoms with E-state index in [2.05, 4.69) is 21.7 Å². The van der Waals surface area contributed by atoms with Gasteiger partial charge in [0.1, 0.15) is 6.04 Å². The molecule has 1 N–H and O–H groups in total. The molecular weight excluding hydrogens is 322 g/mol. The summed E-state index contributed by atoms with van der Waals surface area (Å²) in [6.45, 7) is 2.40. The number of carbonyl (C=O) groups is 1. The van der Waals surface area contributed by atoms with Crippen molar-refractivity contribution in [1.29, 1.82) is 0 Å². The van der Waals surface area contributed by atoms with Gasteiger partial charge in [0.2, 0.25) is 15.9 Å². The van der Waals surface area contributed by atoms with Gasteiger partial charge in [-0.05, 0) is 23.8 Å². The van der Waals surface area contributed by atoms with Crippen LogP contribution in [0.3, 0.4) is 0 Å². The Kier molecular flexibility index (Phi) is 4.28. The van der Waals surface area contributed by atoms with Crippen molar-refractivity contribution in [3.05, 3.63) is 22.4 Å². The van der Waals surface area contributed by atoms with Crippen molar-refractivity contribution in [2.24, 2.45) is 5.92 Å². The zero-order valence-corrected chi connectivity index (χ0v) is 14.4. The monoisotopic (exact) mass is 343 g/mol. The normalized spacial score (nSPS) is 29.6. The number of carbonyl (C=O) groups excluding carboxylic acids is 1. The topological polar surface area (TPSA) is 69.7 Å². The Morgan fingerprint density at radius 2 is 2.23 bits per heavy atom. The van der Waals surface area contributed by atoms with Crippen molar-refractivity contribution < 1.29 is 13.2 Å². The van der Waals surface area contributed by atoms with Crippen LogP contribution in [0.5, 0.6) is 0 Å². The Morgan fingerprint density at radius 3 is 2.82 bits per heavy atom. The number of nitrogens with zero attached hydrogens (tertiary/aromatic N) is 2. The van der Waals surface area contributed by atoms with Crippen LogP contribution >= 0.6 is 11.3 Å². The molecule has 0 radical (unpaired) electrons. The minimum absolute atomic E-state index is 0.0859. The molecule has 0 aliphatic carbocycles. The lowest BCUT2D eigenvalue weighted by Gasteiger charge is -2.27. The van der Waals surface area contributed by atoms with Crippen LogP contribution in [0, 0.1) is 5.92 Å². The summed E-state index contributed by atoms with van der Waals surface area (Å²) in [6, 6.07) is 3.48. The van der Waals surface area contributed by atoms with Gasteiger partial charge >= 0.3 is 0 Å². The van der Waals surface area contributed by atoms with Gasteiger partial charge in [0.05, 0.1) is 6.26 Å². The maximum absolute atomic E-state index is 12.2. The van der Waals surface area contributed by atoms with Crippen LogP contribution < -0.4 is 5.32 Å². The molecule has 0 bridgehead atoms.